The molecule has 0 saturated heterocycles. The number of nitrogens with one attached hydrogen (secondary N) is 1. The fourth-order valence-corrected chi connectivity index (χ4v) is 1.54. The summed E-state index contributed by atoms with van der Waals surface area (Å²) in [5.74, 6) is -4.47. The van der Waals surface area contributed by atoms with E-state index >= 15 is 0 Å². The van der Waals surface area contributed by atoms with Crippen LogP contribution < -0.4 is 5.32 Å². The van der Waals surface area contributed by atoms with Gasteiger partial charge in [0.05, 0.1) is 17.3 Å². The van der Waals surface area contributed by atoms with Crippen LogP contribution in [0.25, 0.3) is 0 Å². The van der Waals surface area contributed by atoms with E-state index in [2.05, 4.69) is 5.32 Å². The van der Waals surface area contributed by atoms with Gasteiger partial charge in [-0.3, -0.25) is 4.79 Å². The molecule has 6 heteroatoms. The van der Waals surface area contributed by atoms with Crippen LogP contribution in [0.1, 0.15) is 15.9 Å². The van der Waals surface area contributed by atoms with Crippen molar-refractivity contribution in [3.8, 4) is 6.07 Å². The normalized spacial score (nSPS) is 9.90. The molecule has 0 aliphatic rings. The Hall–Kier alpha value is -2.81. The van der Waals surface area contributed by atoms with Crippen molar-refractivity contribution in [2.45, 2.75) is 0 Å². The molecule has 0 unspecified atom stereocenters. The van der Waals surface area contributed by atoms with Gasteiger partial charge in [-0.15, -0.1) is 0 Å². The van der Waals surface area contributed by atoms with Crippen LogP contribution in [0.3, 0.4) is 0 Å². The lowest BCUT2D eigenvalue weighted by atomic mass is 10.1. The molecular formula is C14H7F3N2O. The summed E-state index contributed by atoms with van der Waals surface area (Å²) in [6.45, 7) is 0. The highest BCUT2D eigenvalue weighted by Gasteiger charge is 2.14. The van der Waals surface area contributed by atoms with Gasteiger partial charge in [-0.1, -0.05) is 0 Å². The van der Waals surface area contributed by atoms with Gasteiger partial charge in [-0.05, 0) is 24.3 Å². The number of hydrogen-bond acceptors (Lipinski definition) is 2. The van der Waals surface area contributed by atoms with Gasteiger partial charge in [-0.2, -0.15) is 5.26 Å². The average Bonchev–Trinajstić information content (AvgIpc) is 2.44. The van der Waals surface area contributed by atoms with Crippen molar-refractivity contribution in [2.24, 2.45) is 0 Å². The number of anilines is 1. The highest BCUT2D eigenvalue weighted by atomic mass is 19.2. The minimum atomic E-state index is -1.39. The second-order valence-electron chi connectivity index (χ2n) is 3.89. The zero-order chi connectivity index (χ0) is 14.7. The lowest BCUT2D eigenvalue weighted by Gasteiger charge is -2.07. The van der Waals surface area contributed by atoms with Crippen LogP contribution in [0.5, 0.6) is 0 Å². The number of nitriles is 1. The molecule has 0 aliphatic heterocycles. The maximum atomic E-state index is 13.4. The second-order valence-corrected chi connectivity index (χ2v) is 3.89. The standard InChI is InChI=1S/C14H7F3N2O/c15-10-5-11(16)13(17)12(6-10)19-14(20)9-3-1-8(7-18)2-4-9/h1-6H,(H,19,20). The minimum absolute atomic E-state index is 0.132. The Morgan fingerprint density at radius 1 is 1.10 bits per heavy atom. The fourth-order valence-electron chi connectivity index (χ4n) is 1.54. The third kappa shape index (κ3) is 2.78. The van der Waals surface area contributed by atoms with Crippen molar-refractivity contribution >= 4 is 11.6 Å². The van der Waals surface area contributed by atoms with Gasteiger partial charge in [0.1, 0.15) is 5.82 Å². The Morgan fingerprint density at radius 2 is 1.75 bits per heavy atom. The maximum Gasteiger partial charge on any atom is 0.255 e. The molecule has 0 aliphatic carbocycles. The second kappa shape index (κ2) is 5.45. The zero-order valence-electron chi connectivity index (χ0n) is 9.95. The zero-order valence-corrected chi connectivity index (χ0v) is 9.95. The monoisotopic (exact) mass is 276 g/mol. The summed E-state index contributed by atoms with van der Waals surface area (Å²) in [6, 6.07) is 8.44. The van der Waals surface area contributed by atoms with Crippen molar-refractivity contribution in [1.29, 1.82) is 5.26 Å². The Labute approximate surface area is 112 Å². The predicted molar refractivity (Wildman–Crippen MR) is 65.4 cm³/mol. The van der Waals surface area contributed by atoms with Crippen LogP contribution >= 0.6 is 0 Å². The van der Waals surface area contributed by atoms with Gasteiger partial charge in [0.15, 0.2) is 11.6 Å². The van der Waals surface area contributed by atoms with Gasteiger partial charge < -0.3 is 5.32 Å². The molecule has 0 radical (unpaired) electrons. The SMILES string of the molecule is N#Cc1ccc(C(=O)Nc2cc(F)cc(F)c2F)cc1. The first-order valence-corrected chi connectivity index (χ1v) is 5.47. The molecule has 1 N–H and O–H groups in total. The highest BCUT2D eigenvalue weighted by molar-refractivity contribution is 6.04. The summed E-state index contributed by atoms with van der Waals surface area (Å²) >= 11 is 0. The molecule has 20 heavy (non-hydrogen) atoms. The first kappa shape index (κ1) is 13.6. The van der Waals surface area contributed by atoms with Crippen molar-refractivity contribution in [2.75, 3.05) is 5.32 Å². The maximum absolute atomic E-state index is 13.4. The first-order chi connectivity index (χ1) is 9.51. The molecule has 2 rings (SSSR count). The molecule has 1 amide bonds. The van der Waals surface area contributed by atoms with E-state index in [0.717, 1.165) is 0 Å². The molecule has 0 bridgehead atoms. The summed E-state index contributed by atoms with van der Waals surface area (Å²) in [5, 5.41) is 10.7. The quantitative estimate of drug-likeness (QED) is 0.856. The fraction of sp³-hybridized carbons (Fsp3) is 0. The molecule has 0 heterocycles. The number of amides is 1. The lowest BCUT2D eigenvalue weighted by Crippen LogP contribution is -2.13. The summed E-state index contributed by atoms with van der Waals surface area (Å²) < 4.78 is 39.3. The van der Waals surface area contributed by atoms with Gasteiger partial charge in [-0.25, -0.2) is 13.2 Å². The van der Waals surface area contributed by atoms with Crippen LogP contribution in [0, 0.1) is 28.8 Å². The van der Waals surface area contributed by atoms with Gasteiger partial charge in [0, 0.05) is 17.7 Å². The molecule has 2 aromatic carbocycles. The highest BCUT2D eigenvalue weighted by Crippen LogP contribution is 2.20. The third-order valence-electron chi connectivity index (χ3n) is 2.52. The number of rotatable bonds is 2. The predicted octanol–water partition coefficient (Wildman–Crippen LogP) is 3.23. The molecular weight excluding hydrogens is 269 g/mol. The summed E-state index contributed by atoms with van der Waals surface area (Å²) in [5.41, 5.74) is -0.102. The molecule has 0 fully saturated rings. The van der Waals surface area contributed by atoms with Crippen LogP contribution in [0.2, 0.25) is 0 Å². The summed E-state index contributed by atoms with van der Waals surface area (Å²) in [4.78, 5) is 11.8. The summed E-state index contributed by atoms with van der Waals surface area (Å²) in [6.07, 6.45) is 0. The van der Waals surface area contributed by atoms with Gasteiger partial charge >= 0.3 is 0 Å². The van der Waals surface area contributed by atoms with Crippen molar-refractivity contribution in [3.63, 3.8) is 0 Å². The topological polar surface area (TPSA) is 52.9 Å². The number of carbonyl (C=O) groups is 1. The number of nitrogens with zero attached hydrogens (tertiary/aromatic N) is 1. The van der Waals surface area contributed by atoms with E-state index in [1.54, 1.807) is 0 Å². The molecule has 2 aromatic rings. The lowest BCUT2D eigenvalue weighted by molar-refractivity contribution is 0.102. The summed E-state index contributed by atoms with van der Waals surface area (Å²) in [7, 11) is 0. The van der Waals surface area contributed by atoms with Crippen LogP contribution in [0.4, 0.5) is 18.9 Å². The van der Waals surface area contributed by atoms with E-state index in [9.17, 15) is 18.0 Å². The molecule has 0 spiro atoms. The van der Waals surface area contributed by atoms with E-state index < -0.39 is 29.0 Å². The first-order valence-electron chi connectivity index (χ1n) is 5.47. The van der Waals surface area contributed by atoms with E-state index in [1.807, 2.05) is 6.07 Å². The van der Waals surface area contributed by atoms with Crippen LogP contribution in [-0.2, 0) is 0 Å². The Morgan fingerprint density at radius 3 is 2.35 bits per heavy atom. The van der Waals surface area contributed by atoms with Gasteiger partial charge in [0.2, 0.25) is 0 Å². The van der Waals surface area contributed by atoms with Crippen molar-refractivity contribution in [1.82, 2.24) is 0 Å². The Balaban J connectivity index is 2.25. The van der Waals surface area contributed by atoms with Gasteiger partial charge in [0.25, 0.3) is 5.91 Å². The number of hydrogen-bond donors (Lipinski definition) is 1. The molecule has 3 nitrogen and oxygen atoms in total. The molecule has 0 atom stereocenters. The van der Waals surface area contributed by atoms with E-state index in [1.165, 1.54) is 24.3 Å². The van der Waals surface area contributed by atoms with Crippen LogP contribution in [-0.4, -0.2) is 5.91 Å². The van der Waals surface area contributed by atoms with Crippen LogP contribution in [0.15, 0.2) is 36.4 Å². The third-order valence-corrected chi connectivity index (χ3v) is 2.52. The van der Waals surface area contributed by atoms with E-state index in [-0.39, 0.29) is 5.56 Å². The van der Waals surface area contributed by atoms with E-state index in [4.69, 9.17) is 5.26 Å². The molecule has 0 saturated carbocycles. The average molecular weight is 276 g/mol. The molecule has 0 aromatic heterocycles. The minimum Gasteiger partial charge on any atom is -0.319 e. The molecule has 100 valence electrons. The van der Waals surface area contributed by atoms with Crippen molar-refractivity contribution in [3.05, 3.63) is 65.0 Å². The largest absolute Gasteiger partial charge is 0.319 e. The van der Waals surface area contributed by atoms with E-state index in [0.29, 0.717) is 17.7 Å². The number of carbonyl (C=O) groups excluding carboxylic acids is 1. The Bertz CT molecular complexity index is 706. The van der Waals surface area contributed by atoms with Crippen molar-refractivity contribution < 1.29 is 18.0 Å². The number of benzene rings is 2. The smallest absolute Gasteiger partial charge is 0.255 e. The Kier molecular flexibility index (Phi) is 3.71. The number of halogens is 3.